The molecule has 2 fully saturated rings. The Morgan fingerprint density at radius 2 is 1.72 bits per heavy atom. The average molecular weight is 340 g/mol. The highest BCUT2D eigenvalue weighted by molar-refractivity contribution is 5.46. The van der Waals surface area contributed by atoms with E-state index in [-0.39, 0.29) is 5.82 Å². The highest BCUT2D eigenvalue weighted by atomic mass is 19.1. The number of rotatable bonds is 4. The molecule has 2 atom stereocenters. The molecular weight excluding hydrogens is 315 g/mol. The van der Waals surface area contributed by atoms with Crippen LogP contribution in [0.15, 0.2) is 54.6 Å². The van der Waals surface area contributed by atoms with Crippen LogP contribution in [0.25, 0.3) is 0 Å². The molecule has 0 radical (unpaired) electrons. The lowest BCUT2D eigenvalue weighted by molar-refractivity contribution is 0.0729. The van der Waals surface area contributed by atoms with Crippen LogP contribution in [0.3, 0.4) is 0 Å². The molecule has 0 unspecified atom stereocenters. The summed E-state index contributed by atoms with van der Waals surface area (Å²) in [6.07, 6.45) is 2.42. The van der Waals surface area contributed by atoms with Crippen LogP contribution in [0.1, 0.15) is 12.8 Å². The summed E-state index contributed by atoms with van der Waals surface area (Å²) >= 11 is 0. The smallest absolute Gasteiger partial charge is 0.123 e. The van der Waals surface area contributed by atoms with Gasteiger partial charge in [-0.15, -0.1) is 0 Å². The van der Waals surface area contributed by atoms with E-state index in [1.165, 1.54) is 30.7 Å². The van der Waals surface area contributed by atoms with E-state index in [1.807, 2.05) is 0 Å². The Morgan fingerprint density at radius 3 is 2.52 bits per heavy atom. The Morgan fingerprint density at radius 1 is 0.920 bits per heavy atom. The third kappa shape index (κ3) is 3.96. The summed E-state index contributed by atoms with van der Waals surface area (Å²) in [5, 5.41) is 0. The van der Waals surface area contributed by atoms with Crippen LogP contribution in [-0.2, 0) is 0 Å². The van der Waals surface area contributed by atoms with Gasteiger partial charge in [-0.05, 0) is 49.2 Å². The highest BCUT2D eigenvalue weighted by Crippen LogP contribution is 2.28. The molecule has 0 saturated carbocycles. The van der Waals surface area contributed by atoms with Crippen molar-refractivity contribution < 1.29 is 9.13 Å². The molecule has 25 heavy (non-hydrogen) atoms. The fourth-order valence-electron chi connectivity index (χ4n) is 4.01. The Balaban J connectivity index is 1.29. The lowest BCUT2D eigenvalue weighted by atomic mass is 9.91. The van der Waals surface area contributed by atoms with Crippen molar-refractivity contribution in [3.05, 3.63) is 60.4 Å². The molecule has 0 amide bonds. The van der Waals surface area contributed by atoms with Gasteiger partial charge in [0.05, 0.1) is 6.61 Å². The predicted molar refractivity (Wildman–Crippen MR) is 98.6 cm³/mol. The largest absolute Gasteiger partial charge is 0.493 e. The fraction of sp³-hybridized carbons (Fsp3) is 0.429. The SMILES string of the molecule is Fc1ccc(OC[C@@H]2CC[C@H]3CN(c4ccccc4)CCN3C2)cc1. The van der Waals surface area contributed by atoms with E-state index in [0.29, 0.717) is 12.0 Å². The van der Waals surface area contributed by atoms with E-state index in [1.54, 1.807) is 12.1 Å². The van der Waals surface area contributed by atoms with Crippen LogP contribution in [0, 0.1) is 11.7 Å². The number of ether oxygens (including phenoxy) is 1. The number of piperazine rings is 1. The molecule has 0 spiro atoms. The van der Waals surface area contributed by atoms with Crippen LogP contribution in [-0.4, -0.2) is 43.7 Å². The molecule has 0 aliphatic carbocycles. The molecule has 0 bridgehead atoms. The van der Waals surface area contributed by atoms with Crippen molar-refractivity contribution in [2.24, 2.45) is 5.92 Å². The number of piperidine rings is 1. The Kier molecular flexibility index (Phi) is 4.88. The molecule has 4 rings (SSSR count). The summed E-state index contributed by atoms with van der Waals surface area (Å²) in [7, 11) is 0. The van der Waals surface area contributed by atoms with Crippen molar-refractivity contribution in [2.45, 2.75) is 18.9 Å². The van der Waals surface area contributed by atoms with E-state index in [9.17, 15) is 4.39 Å². The van der Waals surface area contributed by atoms with E-state index >= 15 is 0 Å². The molecule has 2 aliphatic heterocycles. The number of hydrogen-bond donors (Lipinski definition) is 0. The van der Waals surface area contributed by atoms with Crippen molar-refractivity contribution >= 4 is 5.69 Å². The molecule has 0 N–H and O–H groups in total. The molecule has 2 saturated heterocycles. The van der Waals surface area contributed by atoms with Gasteiger partial charge in [-0.3, -0.25) is 4.90 Å². The van der Waals surface area contributed by atoms with E-state index < -0.39 is 0 Å². The van der Waals surface area contributed by atoms with Gasteiger partial charge in [-0.25, -0.2) is 4.39 Å². The molecule has 2 aromatic carbocycles. The monoisotopic (exact) mass is 340 g/mol. The number of anilines is 1. The first kappa shape index (κ1) is 16.4. The molecule has 132 valence electrons. The topological polar surface area (TPSA) is 15.7 Å². The molecule has 0 aromatic heterocycles. The van der Waals surface area contributed by atoms with Crippen molar-refractivity contribution in [1.29, 1.82) is 0 Å². The standard InChI is InChI=1S/C21H25FN2O/c22-18-7-10-21(11-8-18)25-16-17-6-9-20-15-24(13-12-23(20)14-17)19-4-2-1-3-5-19/h1-5,7-8,10-11,17,20H,6,9,12-16H2/t17-,20+/m1/s1. The number of benzene rings is 2. The summed E-state index contributed by atoms with van der Waals surface area (Å²) in [5.74, 6) is 1.10. The van der Waals surface area contributed by atoms with E-state index in [4.69, 9.17) is 4.74 Å². The number of halogens is 1. The lowest BCUT2D eigenvalue weighted by Crippen LogP contribution is -2.57. The average Bonchev–Trinajstić information content (AvgIpc) is 2.68. The summed E-state index contributed by atoms with van der Waals surface area (Å²) < 4.78 is 18.8. The minimum Gasteiger partial charge on any atom is -0.493 e. The lowest BCUT2D eigenvalue weighted by Gasteiger charge is -2.47. The summed E-state index contributed by atoms with van der Waals surface area (Å²) in [5.41, 5.74) is 1.34. The van der Waals surface area contributed by atoms with Gasteiger partial charge < -0.3 is 9.64 Å². The summed E-state index contributed by atoms with van der Waals surface area (Å²) in [4.78, 5) is 5.14. The molecule has 2 aliphatic rings. The van der Waals surface area contributed by atoms with Gasteiger partial charge in [-0.2, -0.15) is 0 Å². The molecule has 2 heterocycles. The van der Waals surface area contributed by atoms with Crippen LogP contribution in [0.2, 0.25) is 0 Å². The number of hydrogen-bond acceptors (Lipinski definition) is 3. The van der Waals surface area contributed by atoms with Crippen molar-refractivity contribution in [3.8, 4) is 5.75 Å². The first-order chi connectivity index (χ1) is 12.3. The maximum absolute atomic E-state index is 13.0. The van der Waals surface area contributed by atoms with Gasteiger partial charge in [0.25, 0.3) is 0 Å². The van der Waals surface area contributed by atoms with Gasteiger partial charge >= 0.3 is 0 Å². The number of fused-ring (bicyclic) bond motifs is 1. The second kappa shape index (κ2) is 7.44. The van der Waals surface area contributed by atoms with Gasteiger partial charge in [0.1, 0.15) is 11.6 Å². The zero-order valence-corrected chi connectivity index (χ0v) is 14.5. The van der Waals surface area contributed by atoms with E-state index in [0.717, 1.165) is 38.5 Å². The summed E-state index contributed by atoms with van der Waals surface area (Å²) in [6.45, 7) is 5.15. The first-order valence-electron chi connectivity index (χ1n) is 9.20. The normalized spacial score (nSPS) is 24.0. The maximum Gasteiger partial charge on any atom is 0.123 e. The van der Waals surface area contributed by atoms with Crippen LogP contribution >= 0.6 is 0 Å². The third-order valence-corrected chi connectivity index (χ3v) is 5.43. The maximum atomic E-state index is 13.0. The first-order valence-corrected chi connectivity index (χ1v) is 9.20. The Labute approximate surface area is 149 Å². The second-order valence-electron chi connectivity index (χ2n) is 7.14. The zero-order valence-electron chi connectivity index (χ0n) is 14.5. The summed E-state index contributed by atoms with van der Waals surface area (Å²) in [6, 6.07) is 17.7. The molecule has 4 heteroatoms. The fourth-order valence-corrected chi connectivity index (χ4v) is 4.01. The van der Waals surface area contributed by atoms with Gasteiger partial charge in [0.2, 0.25) is 0 Å². The quantitative estimate of drug-likeness (QED) is 0.842. The van der Waals surface area contributed by atoms with Crippen LogP contribution < -0.4 is 9.64 Å². The van der Waals surface area contributed by atoms with Crippen LogP contribution in [0.5, 0.6) is 5.75 Å². The van der Waals surface area contributed by atoms with Gasteiger partial charge in [0, 0.05) is 43.8 Å². The van der Waals surface area contributed by atoms with Crippen molar-refractivity contribution in [1.82, 2.24) is 4.90 Å². The minimum absolute atomic E-state index is 0.218. The molecule has 3 nitrogen and oxygen atoms in total. The zero-order chi connectivity index (χ0) is 17.1. The van der Waals surface area contributed by atoms with Gasteiger partial charge in [-0.1, -0.05) is 18.2 Å². The van der Waals surface area contributed by atoms with Gasteiger partial charge in [0.15, 0.2) is 0 Å². The molecule has 2 aromatic rings. The minimum atomic E-state index is -0.218. The highest BCUT2D eigenvalue weighted by Gasteiger charge is 2.33. The molecular formula is C21H25FN2O. The predicted octanol–water partition coefficient (Wildman–Crippen LogP) is 3.81. The van der Waals surface area contributed by atoms with Crippen molar-refractivity contribution in [3.63, 3.8) is 0 Å². The van der Waals surface area contributed by atoms with Crippen LogP contribution in [0.4, 0.5) is 10.1 Å². The second-order valence-corrected chi connectivity index (χ2v) is 7.14. The van der Waals surface area contributed by atoms with E-state index in [2.05, 4.69) is 40.1 Å². The number of nitrogens with zero attached hydrogens (tertiary/aromatic N) is 2. The third-order valence-electron chi connectivity index (χ3n) is 5.43. The Hall–Kier alpha value is -2.07. The number of para-hydroxylation sites is 1. The van der Waals surface area contributed by atoms with Crippen molar-refractivity contribution in [2.75, 3.05) is 37.7 Å². The Bertz CT molecular complexity index is 676.